The summed E-state index contributed by atoms with van der Waals surface area (Å²) in [5.41, 5.74) is 1.18. The molecule has 0 aliphatic heterocycles. The highest BCUT2D eigenvalue weighted by atomic mass is 79.9. The van der Waals surface area contributed by atoms with Gasteiger partial charge >= 0.3 is 5.97 Å². The second-order valence-corrected chi connectivity index (χ2v) is 7.78. The first kappa shape index (κ1) is 16.0. The van der Waals surface area contributed by atoms with E-state index in [1.165, 1.54) is 7.11 Å². The van der Waals surface area contributed by atoms with E-state index >= 15 is 0 Å². The van der Waals surface area contributed by atoms with Crippen molar-refractivity contribution in [1.29, 1.82) is 0 Å². The Morgan fingerprint density at radius 2 is 2.05 bits per heavy atom. The van der Waals surface area contributed by atoms with Gasteiger partial charge in [0.1, 0.15) is 0 Å². The third kappa shape index (κ3) is 3.28. The second-order valence-electron chi connectivity index (χ2n) is 4.13. The van der Waals surface area contributed by atoms with Crippen LogP contribution in [0.3, 0.4) is 0 Å². The van der Waals surface area contributed by atoms with E-state index in [0.717, 1.165) is 11.3 Å². The van der Waals surface area contributed by atoms with Crippen LogP contribution in [0, 0.1) is 6.92 Å². The first-order valence-electron chi connectivity index (χ1n) is 5.80. The highest BCUT2D eigenvalue weighted by Crippen LogP contribution is 2.30. The fraction of sp³-hybridized carbons (Fsp3) is 0.154. The number of nitrogens with one attached hydrogen (secondary N) is 1. The van der Waals surface area contributed by atoms with Crippen LogP contribution in [0.15, 0.2) is 38.3 Å². The summed E-state index contributed by atoms with van der Waals surface area (Å²) in [6.45, 7) is 1.66. The van der Waals surface area contributed by atoms with E-state index in [4.69, 9.17) is 0 Å². The summed E-state index contributed by atoms with van der Waals surface area (Å²) in [6, 6.07) is 6.44. The van der Waals surface area contributed by atoms with Crippen molar-refractivity contribution < 1.29 is 17.9 Å². The van der Waals surface area contributed by atoms with Gasteiger partial charge in [0, 0.05) is 4.47 Å². The van der Waals surface area contributed by atoms with Crippen LogP contribution >= 0.6 is 27.3 Å². The molecule has 1 aromatic carbocycles. The van der Waals surface area contributed by atoms with E-state index < -0.39 is 16.0 Å². The zero-order valence-corrected chi connectivity index (χ0v) is 14.4. The van der Waals surface area contributed by atoms with E-state index in [0.29, 0.717) is 21.3 Å². The summed E-state index contributed by atoms with van der Waals surface area (Å²) in [7, 11) is -2.42. The van der Waals surface area contributed by atoms with Crippen molar-refractivity contribution in [3.63, 3.8) is 0 Å². The fourth-order valence-corrected chi connectivity index (χ4v) is 5.20. The molecule has 1 aromatic heterocycles. The van der Waals surface area contributed by atoms with Crippen LogP contribution in [0.1, 0.15) is 15.9 Å². The monoisotopic (exact) mass is 389 g/mol. The second kappa shape index (κ2) is 6.17. The Kier molecular flexibility index (Phi) is 4.70. The molecule has 2 aromatic rings. The first-order chi connectivity index (χ1) is 9.86. The van der Waals surface area contributed by atoms with Gasteiger partial charge in [-0.05, 0) is 52.0 Å². The number of hydrogen-bond donors (Lipinski definition) is 1. The number of carbonyl (C=O) groups excluding carboxylic acids is 1. The molecule has 0 bridgehead atoms. The maximum atomic E-state index is 12.3. The van der Waals surface area contributed by atoms with Crippen LogP contribution < -0.4 is 4.72 Å². The van der Waals surface area contributed by atoms with Gasteiger partial charge in [0.05, 0.1) is 18.4 Å². The average molecular weight is 390 g/mol. The molecule has 112 valence electrons. The molecule has 2 rings (SSSR count). The molecule has 0 fully saturated rings. The lowest BCUT2D eigenvalue weighted by Crippen LogP contribution is -2.14. The predicted octanol–water partition coefficient (Wildman–Crippen LogP) is 3.41. The van der Waals surface area contributed by atoms with E-state index in [-0.39, 0.29) is 4.21 Å². The number of thiophene rings is 1. The Morgan fingerprint density at radius 3 is 2.62 bits per heavy atom. The van der Waals surface area contributed by atoms with Crippen molar-refractivity contribution in [2.24, 2.45) is 0 Å². The minimum Gasteiger partial charge on any atom is -0.465 e. The van der Waals surface area contributed by atoms with Crippen molar-refractivity contribution in [2.45, 2.75) is 11.1 Å². The van der Waals surface area contributed by atoms with Crippen LogP contribution in [0.2, 0.25) is 0 Å². The molecule has 0 aliphatic rings. The molecule has 0 saturated heterocycles. The van der Waals surface area contributed by atoms with E-state index in [9.17, 15) is 13.2 Å². The molecule has 0 amide bonds. The predicted molar refractivity (Wildman–Crippen MR) is 85.3 cm³/mol. The molecule has 1 heterocycles. The number of halogens is 1. The number of methoxy groups -OCH3 is 1. The van der Waals surface area contributed by atoms with Crippen molar-refractivity contribution >= 4 is 48.9 Å². The Hall–Kier alpha value is -1.38. The maximum absolute atomic E-state index is 12.3. The van der Waals surface area contributed by atoms with E-state index in [2.05, 4.69) is 25.4 Å². The van der Waals surface area contributed by atoms with Crippen molar-refractivity contribution in [1.82, 2.24) is 0 Å². The lowest BCUT2D eigenvalue weighted by molar-refractivity contribution is 0.0600. The molecule has 0 spiro atoms. The van der Waals surface area contributed by atoms with Gasteiger partial charge in [0.25, 0.3) is 10.0 Å². The first-order valence-corrected chi connectivity index (χ1v) is 8.96. The SMILES string of the molecule is COC(=O)c1cccc(NS(=O)(=O)c2sccc2Br)c1C. The lowest BCUT2D eigenvalue weighted by atomic mass is 10.1. The summed E-state index contributed by atoms with van der Waals surface area (Å²) >= 11 is 4.31. The summed E-state index contributed by atoms with van der Waals surface area (Å²) in [6.07, 6.45) is 0. The molecule has 0 radical (unpaired) electrons. The highest BCUT2D eigenvalue weighted by Gasteiger charge is 2.21. The number of hydrogen-bond acceptors (Lipinski definition) is 5. The molecule has 1 N–H and O–H groups in total. The number of ether oxygens (including phenoxy) is 1. The van der Waals surface area contributed by atoms with Crippen LogP contribution in [0.5, 0.6) is 0 Å². The summed E-state index contributed by atoms with van der Waals surface area (Å²) < 4.78 is 32.5. The smallest absolute Gasteiger partial charge is 0.338 e. The normalized spacial score (nSPS) is 11.2. The third-order valence-corrected chi connectivity index (χ3v) is 6.85. The fourth-order valence-electron chi connectivity index (χ4n) is 1.74. The highest BCUT2D eigenvalue weighted by molar-refractivity contribution is 9.10. The van der Waals surface area contributed by atoms with Gasteiger partial charge in [-0.3, -0.25) is 4.72 Å². The zero-order chi connectivity index (χ0) is 15.6. The van der Waals surface area contributed by atoms with Crippen LogP contribution in [-0.2, 0) is 14.8 Å². The molecular formula is C13H12BrNO4S2. The molecule has 0 unspecified atom stereocenters. The Labute approximate surface area is 135 Å². The topological polar surface area (TPSA) is 72.5 Å². The summed E-state index contributed by atoms with van der Waals surface area (Å²) in [5, 5.41) is 1.68. The zero-order valence-electron chi connectivity index (χ0n) is 11.2. The van der Waals surface area contributed by atoms with Gasteiger partial charge in [0.2, 0.25) is 0 Å². The molecule has 5 nitrogen and oxygen atoms in total. The molecular weight excluding hydrogens is 378 g/mol. The van der Waals surface area contributed by atoms with Gasteiger partial charge in [-0.1, -0.05) is 6.07 Å². The van der Waals surface area contributed by atoms with Gasteiger partial charge < -0.3 is 4.74 Å². The van der Waals surface area contributed by atoms with Gasteiger partial charge in [-0.2, -0.15) is 0 Å². The molecule has 21 heavy (non-hydrogen) atoms. The largest absolute Gasteiger partial charge is 0.465 e. The number of carbonyl (C=O) groups is 1. The minimum atomic E-state index is -3.70. The van der Waals surface area contributed by atoms with Crippen molar-refractivity contribution in [2.75, 3.05) is 11.8 Å². The molecule has 8 heteroatoms. The van der Waals surface area contributed by atoms with Gasteiger partial charge in [-0.25, -0.2) is 13.2 Å². The minimum absolute atomic E-state index is 0.186. The van der Waals surface area contributed by atoms with Crippen molar-refractivity contribution in [3.8, 4) is 0 Å². The summed E-state index contributed by atoms with van der Waals surface area (Å²) in [4.78, 5) is 11.6. The quantitative estimate of drug-likeness (QED) is 0.813. The number of benzene rings is 1. The maximum Gasteiger partial charge on any atom is 0.338 e. The van der Waals surface area contributed by atoms with E-state index in [1.807, 2.05) is 0 Å². The standard InChI is InChI=1S/C13H12BrNO4S2/c1-8-9(12(16)19-2)4-3-5-11(8)15-21(17,18)13-10(14)6-7-20-13/h3-7,15H,1-2H3. The number of rotatable bonds is 4. The molecule has 0 saturated carbocycles. The number of esters is 1. The molecule has 0 atom stereocenters. The van der Waals surface area contributed by atoms with Crippen LogP contribution in [0.4, 0.5) is 5.69 Å². The van der Waals surface area contributed by atoms with Crippen molar-refractivity contribution in [3.05, 3.63) is 45.2 Å². The average Bonchev–Trinajstić information content (AvgIpc) is 2.87. The van der Waals surface area contributed by atoms with Crippen LogP contribution in [0.25, 0.3) is 0 Å². The Balaban J connectivity index is 2.41. The third-order valence-electron chi connectivity index (χ3n) is 2.81. The summed E-state index contributed by atoms with van der Waals surface area (Å²) in [5.74, 6) is -0.508. The van der Waals surface area contributed by atoms with Gasteiger partial charge in [0.15, 0.2) is 4.21 Å². The Morgan fingerprint density at radius 1 is 1.33 bits per heavy atom. The number of sulfonamides is 1. The number of anilines is 1. The lowest BCUT2D eigenvalue weighted by Gasteiger charge is -2.12. The Bertz CT molecular complexity index is 783. The van der Waals surface area contributed by atoms with Crippen LogP contribution in [-0.4, -0.2) is 21.5 Å². The molecule has 0 aliphatic carbocycles. The van der Waals surface area contributed by atoms with Gasteiger partial charge in [-0.15, -0.1) is 11.3 Å². The van der Waals surface area contributed by atoms with E-state index in [1.54, 1.807) is 36.6 Å².